The van der Waals surface area contributed by atoms with E-state index in [0.29, 0.717) is 21.7 Å². The molecule has 0 aromatic heterocycles. The van der Waals surface area contributed by atoms with Gasteiger partial charge in [0.05, 0.1) is 4.91 Å². The lowest BCUT2D eigenvalue weighted by Gasteiger charge is -2.01. The van der Waals surface area contributed by atoms with E-state index in [9.17, 15) is 9.59 Å². The molecule has 4 heteroatoms. The molecular weight excluding hydrogens is 270 g/mol. The molecule has 0 saturated carbocycles. The van der Waals surface area contributed by atoms with Gasteiger partial charge in [0.2, 0.25) is 11.6 Å². The summed E-state index contributed by atoms with van der Waals surface area (Å²) in [6, 6.07) is 14.7. The van der Waals surface area contributed by atoms with Gasteiger partial charge in [0.25, 0.3) is 0 Å². The minimum absolute atomic E-state index is 0.0748. The van der Waals surface area contributed by atoms with E-state index in [1.807, 2.05) is 36.4 Å². The number of carbonyl (C=O) groups excluding carboxylic acids is 2. The predicted molar refractivity (Wildman–Crippen MR) is 78.1 cm³/mol. The van der Waals surface area contributed by atoms with Crippen LogP contribution in [0.4, 0.5) is 5.69 Å². The summed E-state index contributed by atoms with van der Waals surface area (Å²) in [6.07, 6.45) is 0. The average molecular weight is 279 g/mol. The van der Waals surface area contributed by atoms with Gasteiger partial charge in [-0.25, -0.2) is 0 Å². The van der Waals surface area contributed by atoms with E-state index in [4.69, 9.17) is 0 Å². The van der Waals surface area contributed by atoms with Crippen LogP contribution in [0.15, 0.2) is 64.0 Å². The Morgan fingerprint density at radius 1 is 0.800 bits per heavy atom. The highest BCUT2D eigenvalue weighted by molar-refractivity contribution is 8.04. The molecule has 0 amide bonds. The third-order valence-electron chi connectivity index (χ3n) is 3.44. The van der Waals surface area contributed by atoms with Crippen molar-refractivity contribution in [3.63, 3.8) is 0 Å². The van der Waals surface area contributed by atoms with E-state index < -0.39 is 0 Å². The number of Topliss-reactive ketones (excluding diaryl/α,β-unsaturated/α-hetero) is 2. The van der Waals surface area contributed by atoms with Gasteiger partial charge in [-0.05, 0) is 24.3 Å². The second kappa shape index (κ2) is 4.08. The first kappa shape index (κ1) is 11.5. The van der Waals surface area contributed by atoms with Gasteiger partial charge in [-0.1, -0.05) is 36.0 Å². The summed E-state index contributed by atoms with van der Waals surface area (Å²) < 4.78 is 0. The summed E-state index contributed by atoms with van der Waals surface area (Å²) >= 11 is 1.36. The molecule has 4 rings (SSSR count). The van der Waals surface area contributed by atoms with Crippen LogP contribution in [0.5, 0.6) is 0 Å². The SMILES string of the molecule is O=C1C(=C2Sc3ccccc3C2=O)Nc2ccccc21. The minimum atomic E-state index is -0.107. The van der Waals surface area contributed by atoms with Crippen LogP contribution < -0.4 is 5.32 Å². The molecule has 2 aliphatic rings. The van der Waals surface area contributed by atoms with Crippen LogP contribution >= 0.6 is 11.8 Å². The molecule has 2 aromatic rings. The summed E-state index contributed by atoms with van der Waals surface area (Å²) in [5.74, 6) is -0.182. The van der Waals surface area contributed by atoms with Gasteiger partial charge < -0.3 is 5.32 Å². The predicted octanol–water partition coefficient (Wildman–Crippen LogP) is 3.50. The van der Waals surface area contributed by atoms with Crippen molar-refractivity contribution >= 4 is 29.0 Å². The Hall–Kier alpha value is -2.33. The van der Waals surface area contributed by atoms with Crippen molar-refractivity contribution in [2.75, 3.05) is 5.32 Å². The standard InChI is InChI=1S/C16H9NO2S/c18-14-9-5-1-3-7-11(9)17-13(14)16-15(19)10-6-2-4-8-12(10)20-16/h1-8,17H. The lowest BCUT2D eigenvalue weighted by atomic mass is 10.1. The second-order valence-electron chi connectivity index (χ2n) is 4.63. The van der Waals surface area contributed by atoms with E-state index in [1.54, 1.807) is 12.1 Å². The maximum Gasteiger partial charge on any atom is 0.212 e. The molecule has 2 heterocycles. The summed E-state index contributed by atoms with van der Waals surface area (Å²) in [5, 5.41) is 3.08. The molecule has 0 aliphatic carbocycles. The Kier molecular flexibility index (Phi) is 2.35. The minimum Gasteiger partial charge on any atom is -0.351 e. The molecule has 0 radical (unpaired) electrons. The number of hydrogen-bond donors (Lipinski definition) is 1. The number of ketones is 2. The molecular formula is C16H9NO2S. The zero-order valence-electron chi connectivity index (χ0n) is 10.3. The third-order valence-corrected chi connectivity index (χ3v) is 4.60. The van der Waals surface area contributed by atoms with Crippen molar-refractivity contribution in [2.45, 2.75) is 4.90 Å². The monoisotopic (exact) mass is 279 g/mol. The molecule has 96 valence electrons. The Bertz CT molecular complexity index is 740. The molecule has 0 unspecified atom stereocenters. The Morgan fingerprint density at radius 3 is 2.25 bits per heavy atom. The number of hydrogen-bond acceptors (Lipinski definition) is 4. The summed E-state index contributed by atoms with van der Waals surface area (Å²) in [7, 11) is 0. The first-order chi connectivity index (χ1) is 9.75. The number of allylic oxidation sites excluding steroid dienone is 2. The maximum atomic E-state index is 12.4. The Morgan fingerprint density at radius 2 is 1.50 bits per heavy atom. The van der Waals surface area contributed by atoms with Gasteiger partial charge in [-0.15, -0.1) is 0 Å². The highest BCUT2D eigenvalue weighted by Crippen LogP contribution is 2.43. The van der Waals surface area contributed by atoms with E-state index >= 15 is 0 Å². The highest BCUT2D eigenvalue weighted by atomic mass is 32.2. The first-order valence-electron chi connectivity index (χ1n) is 6.22. The average Bonchev–Trinajstić information content (AvgIpc) is 2.98. The second-order valence-corrected chi connectivity index (χ2v) is 5.68. The summed E-state index contributed by atoms with van der Waals surface area (Å²) in [4.78, 5) is 26.2. The molecule has 2 aliphatic heterocycles. The number of fused-ring (bicyclic) bond motifs is 2. The topological polar surface area (TPSA) is 46.2 Å². The van der Waals surface area contributed by atoms with Crippen LogP contribution in [0, 0.1) is 0 Å². The van der Waals surface area contributed by atoms with Crippen LogP contribution in [0.3, 0.4) is 0 Å². The number of rotatable bonds is 0. The lowest BCUT2D eigenvalue weighted by molar-refractivity contribution is 0.101. The number of benzene rings is 2. The smallest absolute Gasteiger partial charge is 0.212 e. The van der Waals surface area contributed by atoms with Crippen molar-refractivity contribution in [1.82, 2.24) is 0 Å². The molecule has 20 heavy (non-hydrogen) atoms. The van der Waals surface area contributed by atoms with E-state index in [-0.39, 0.29) is 11.6 Å². The summed E-state index contributed by atoms with van der Waals surface area (Å²) in [6.45, 7) is 0. The first-order valence-corrected chi connectivity index (χ1v) is 7.04. The zero-order valence-corrected chi connectivity index (χ0v) is 11.2. The van der Waals surface area contributed by atoms with Crippen molar-refractivity contribution in [1.29, 1.82) is 0 Å². The van der Waals surface area contributed by atoms with Gasteiger partial charge in [0.15, 0.2) is 0 Å². The van der Waals surface area contributed by atoms with E-state index in [0.717, 1.165) is 10.6 Å². The summed E-state index contributed by atoms with van der Waals surface area (Å²) in [5.41, 5.74) is 2.46. The molecule has 0 bridgehead atoms. The van der Waals surface area contributed by atoms with Crippen LogP contribution in [0.1, 0.15) is 20.7 Å². The number of para-hydroxylation sites is 1. The van der Waals surface area contributed by atoms with E-state index in [1.165, 1.54) is 11.8 Å². The van der Waals surface area contributed by atoms with Crippen molar-refractivity contribution in [2.24, 2.45) is 0 Å². The Balaban J connectivity index is 1.85. The van der Waals surface area contributed by atoms with E-state index in [2.05, 4.69) is 5.32 Å². The van der Waals surface area contributed by atoms with Crippen LogP contribution in [-0.4, -0.2) is 11.6 Å². The van der Waals surface area contributed by atoms with Crippen molar-refractivity contribution in [3.05, 3.63) is 70.3 Å². The molecule has 1 N–H and O–H groups in total. The van der Waals surface area contributed by atoms with Crippen LogP contribution in [0.25, 0.3) is 0 Å². The van der Waals surface area contributed by atoms with Gasteiger partial charge in [0.1, 0.15) is 5.70 Å². The molecule has 0 atom stereocenters. The fourth-order valence-electron chi connectivity index (χ4n) is 2.46. The number of carbonyl (C=O) groups is 2. The zero-order chi connectivity index (χ0) is 13.7. The number of anilines is 1. The molecule has 0 spiro atoms. The fraction of sp³-hybridized carbons (Fsp3) is 0. The van der Waals surface area contributed by atoms with Gasteiger partial charge in [-0.3, -0.25) is 9.59 Å². The fourth-order valence-corrected chi connectivity index (χ4v) is 3.55. The molecule has 3 nitrogen and oxygen atoms in total. The highest BCUT2D eigenvalue weighted by Gasteiger charge is 2.34. The largest absolute Gasteiger partial charge is 0.351 e. The lowest BCUT2D eigenvalue weighted by Crippen LogP contribution is -2.07. The van der Waals surface area contributed by atoms with Gasteiger partial charge in [0, 0.05) is 21.7 Å². The third kappa shape index (κ3) is 1.48. The maximum absolute atomic E-state index is 12.4. The van der Waals surface area contributed by atoms with Gasteiger partial charge >= 0.3 is 0 Å². The molecule has 2 aromatic carbocycles. The van der Waals surface area contributed by atoms with Crippen LogP contribution in [0.2, 0.25) is 0 Å². The van der Waals surface area contributed by atoms with Crippen molar-refractivity contribution < 1.29 is 9.59 Å². The van der Waals surface area contributed by atoms with Crippen molar-refractivity contribution in [3.8, 4) is 0 Å². The van der Waals surface area contributed by atoms with Crippen LogP contribution in [-0.2, 0) is 0 Å². The quantitative estimate of drug-likeness (QED) is 0.750. The number of thioether (sulfide) groups is 1. The number of nitrogens with one attached hydrogen (secondary N) is 1. The molecule has 0 fully saturated rings. The molecule has 0 saturated heterocycles. The van der Waals surface area contributed by atoms with Gasteiger partial charge in [-0.2, -0.15) is 0 Å². The normalized spacial score (nSPS) is 19.8. The Labute approximate surface area is 119 Å².